The molecule has 0 radical (unpaired) electrons. The Morgan fingerprint density at radius 3 is 2.06 bits per heavy atom. The molecule has 0 aliphatic carbocycles. The zero-order valence-electron chi connectivity index (χ0n) is 10.9. The Balaban J connectivity index is 3.16. The predicted octanol–water partition coefficient (Wildman–Crippen LogP) is 1.84. The Morgan fingerprint density at radius 1 is 1.18 bits per heavy atom. The number of H-pyrrole nitrogens is 1. The third kappa shape index (κ3) is 2.87. The van der Waals surface area contributed by atoms with Crippen molar-refractivity contribution in [2.24, 2.45) is 0 Å². The average Bonchev–Trinajstić information content (AvgIpc) is 2.58. The molecule has 1 rings (SSSR count). The van der Waals surface area contributed by atoms with E-state index in [0.717, 1.165) is 12.8 Å². The van der Waals surface area contributed by atoms with Gasteiger partial charge in [0.1, 0.15) is 4.90 Å². The van der Waals surface area contributed by atoms with Gasteiger partial charge in [-0.2, -0.15) is 9.40 Å². The summed E-state index contributed by atoms with van der Waals surface area (Å²) in [7, 11) is -3.40. The van der Waals surface area contributed by atoms with Crippen LogP contribution in [-0.4, -0.2) is 36.0 Å². The highest BCUT2D eigenvalue weighted by atomic mass is 32.2. The highest BCUT2D eigenvalue weighted by Gasteiger charge is 2.28. The van der Waals surface area contributed by atoms with Crippen LogP contribution in [0.25, 0.3) is 0 Å². The second kappa shape index (κ2) is 5.64. The van der Waals surface area contributed by atoms with Gasteiger partial charge in [-0.25, -0.2) is 8.42 Å². The molecule has 0 aliphatic heterocycles. The Hall–Kier alpha value is -0.880. The van der Waals surface area contributed by atoms with E-state index in [-0.39, 0.29) is 0 Å². The number of aromatic nitrogens is 2. The van der Waals surface area contributed by atoms with Crippen LogP contribution in [0.1, 0.15) is 38.1 Å². The van der Waals surface area contributed by atoms with Crippen molar-refractivity contribution in [3.63, 3.8) is 0 Å². The molecule has 0 saturated heterocycles. The third-order valence-corrected chi connectivity index (χ3v) is 4.77. The summed E-state index contributed by atoms with van der Waals surface area (Å²) in [6.07, 6.45) is 1.63. The van der Waals surface area contributed by atoms with Crippen molar-refractivity contribution in [3.05, 3.63) is 11.4 Å². The number of sulfonamides is 1. The summed E-state index contributed by atoms with van der Waals surface area (Å²) < 4.78 is 26.5. The number of hydrogen-bond acceptors (Lipinski definition) is 3. The van der Waals surface area contributed by atoms with Crippen molar-refractivity contribution in [2.75, 3.05) is 13.1 Å². The van der Waals surface area contributed by atoms with Crippen molar-refractivity contribution in [2.45, 2.75) is 45.4 Å². The summed E-state index contributed by atoms with van der Waals surface area (Å²) in [5, 5.41) is 6.68. The molecule has 1 heterocycles. The Bertz CT molecular complexity index is 440. The SMILES string of the molecule is CCCN(CCC)S(=O)(=O)c1c(C)n[nH]c1C. The molecule has 1 aromatic heterocycles. The lowest BCUT2D eigenvalue weighted by Gasteiger charge is -2.20. The van der Waals surface area contributed by atoms with Crippen LogP contribution < -0.4 is 0 Å². The number of nitrogens with one attached hydrogen (secondary N) is 1. The average molecular weight is 259 g/mol. The molecule has 0 aliphatic rings. The Kier molecular flexibility index (Phi) is 4.70. The van der Waals surface area contributed by atoms with Crippen LogP contribution in [0.2, 0.25) is 0 Å². The van der Waals surface area contributed by atoms with Crippen LogP contribution in [0.4, 0.5) is 0 Å². The van der Waals surface area contributed by atoms with Crippen molar-refractivity contribution in [1.82, 2.24) is 14.5 Å². The molecular weight excluding hydrogens is 238 g/mol. The van der Waals surface area contributed by atoms with Gasteiger partial charge >= 0.3 is 0 Å². The van der Waals surface area contributed by atoms with E-state index in [1.165, 1.54) is 4.31 Å². The van der Waals surface area contributed by atoms with E-state index in [0.29, 0.717) is 29.4 Å². The van der Waals surface area contributed by atoms with Crippen LogP contribution in [0.5, 0.6) is 0 Å². The van der Waals surface area contributed by atoms with Gasteiger partial charge < -0.3 is 0 Å². The smallest absolute Gasteiger partial charge is 0.246 e. The number of aryl methyl sites for hydroxylation is 2. The molecule has 0 atom stereocenters. The molecule has 0 spiro atoms. The van der Waals surface area contributed by atoms with E-state index in [1.807, 2.05) is 13.8 Å². The zero-order valence-corrected chi connectivity index (χ0v) is 11.8. The van der Waals surface area contributed by atoms with Crippen molar-refractivity contribution in [1.29, 1.82) is 0 Å². The first-order valence-electron chi connectivity index (χ1n) is 5.96. The fraction of sp³-hybridized carbons (Fsp3) is 0.727. The Morgan fingerprint density at radius 2 is 1.71 bits per heavy atom. The standard InChI is InChI=1S/C11H21N3O2S/c1-5-7-14(8-6-2)17(15,16)11-9(3)12-13-10(11)4/h5-8H2,1-4H3,(H,12,13). The van der Waals surface area contributed by atoms with E-state index < -0.39 is 10.0 Å². The summed E-state index contributed by atoms with van der Waals surface area (Å²) in [5.74, 6) is 0. The van der Waals surface area contributed by atoms with Gasteiger partial charge in [-0.1, -0.05) is 13.8 Å². The Labute approximate surface area is 103 Å². The van der Waals surface area contributed by atoms with E-state index in [9.17, 15) is 8.42 Å². The lowest BCUT2D eigenvalue weighted by molar-refractivity contribution is 0.409. The molecule has 0 aromatic carbocycles. The summed E-state index contributed by atoms with van der Waals surface area (Å²) >= 11 is 0. The summed E-state index contributed by atoms with van der Waals surface area (Å²) in [5.41, 5.74) is 1.15. The number of hydrogen-bond donors (Lipinski definition) is 1. The van der Waals surface area contributed by atoms with Gasteiger partial charge in [0.05, 0.1) is 11.4 Å². The van der Waals surface area contributed by atoms with Gasteiger partial charge in [0.2, 0.25) is 10.0 Å². The molecule has 1 N–H and O–H groups in total. The first-order chi connectivity index (χ1) is 7.95. The van der Waals surface area contributed by atoms with Gasteiger partial charge in [-0.3, -0.25) is 5.10 Å². The first kappa shape index (κ1) is 14.2. The normalized spacial score (nSPS) is 12.3. The number of aromatic amines is 1. The molecule has 17 heavy (non-hydrogen) atoms. The van der Waals surface area contributed by atoms with Gasteiger partial charge in [0, 0.05) is 13.1 Å². The van der Waals surface area contributed by atoms with Crippen LogP contribution in [-0.2, 0) is 10.0 Å². The summed E-state index contributed by atoms with van der Waals surface area (Å²) in [4.78, 5) is 0.333. The van der Waals surface area contributed by atoms with Crippen molar-refractivity contribution < 1.29 is 8.42 Å². The van der Waals surface area contributed by atoms with Crippen LogP contribution in [0.15, 0.2) is 4.90 Å². The third-order valence-electron chi connectivity index (χ3n) is 2.60. The molecule has 0 fully saturated rings. The second-order valence-electron chi connectivity index (χ2n) is 4.17. The van der Waals surface area contributed by atoms with E-state index in [2.05, 4.69) is 10.2 Å². The topological polar surface area (TPSA) is 66.1 Å². The van der Waals surface area contributed by atoms with E-state index >= 15 is 0 Å². The van der Waals surface area contributed by atoms with Crippen molar-refractivity contribution >= 4 is 10.0 Å². The zero-order chi connectivity index (χ0) is 13.1. The van der Waals surface area contributed by atoms with Crippen LogP contribution in [0, 0.1) is 13.8 Å². The molecule has 1 aromatic rings. The fourth-order valence-electron chi connectivity index (χ4n) is 1.90. The molecule has 0 bridgehead atoms. The highest BCUT2D eigenvalue weighted by molar-refractivity contribution is 7.89. The molecule has 98 valence electrons. The fourth-order valence-corrected chi connectivity index (χ4v) is 3.86. The van der Waals surface area contributed by atoms with Gasteiger partial charge in [-0.05, 0) is 26.7 Å². The number of rotatable bonds is 6. The lowest BCUT2D eigenvalue weighted by atomic mass is 10.4. The maximum absolute atomic E-state index is 12.5. The quantitative estimate of drug-likeness (QED) is 0.847. The van der Waals surface area contributed by atoms with Crippen LogP contribution in [0.3, 0.4) is 0 Å². The molecule has 0 amide bonds. The largest absolute Gasteiger partial charge is 0.281 e. The lowest BCUT2D eigenvalue weighted by Crippen LogP contribution is -2.33. The maximum atomic E-state index is 12.5. The predicted molar refractivity (Wildman–Crippen MR) is 67.4 cm³/mol. The molecular formula is C11H21N3O2S. The minimum Gasteiger partial charge on any atom is -0.281 e. The van der Waals surface area contributed by atoms with Crippen molar-refractivity contribution in [3.8, 4) is 0 Å². The van der Waals surface area contributed by atoms with Crippen LogP contribution >= 0.6 is 0 Å². The highest BCUT2D eigenvalue weighted by Crippen LogP contribution is 2.21. The molecule has 0 unspecified atom stereocenters. The van der Waals surface area contributed by atoms with E-state index in [1.54, 1.807) is 13.8 Å². The summed E-state index contributed by atoms with van der Waals surface area (Å²) in [6, 6.07) is 0. The number of nitrogens with zero attached hydrogens (tertiary/aromatic N) is 2. The van der Waals surface area contributed by atoms with Gasteiger partial charge in [0.25, 0.3) is 0 Å². The first-order valence-corrected chi connectivity index (χ1v) is 7.40. The summed E-state index contributed by atoms with van der Waals surface area (Å²) in [6.45, 7) is 8.52. The van der Waals surface area contributed by atoms with Gasteiger partial charge in [0.15, 0.2) is 0 Å². The minimum absolute atomic E-state index is 0.333. The molecule has 5 nitrogen and oxygen atoms in total. The maximum Gasteiger partial charge on any atom is 0.246 e. The molecule has 0 saturated carbocycles. The van der Waals surface area contributed by atoms with E-state index in [4.69, 9.17) is 0 Å². The van der Waals surface area contributed by atoms with Gasteiger partial charge in [-0.15, -0.1) is 0 Å². The monoisotopic (exact) mass is 259 g/mol. The minimum atomic E-state index is -3.40. The second-order valence-corrected chi connectivity index (χ2v) is 6.04. The molecule has 6 heteroatoms.